The summed E-state index contributed by atoms with van der Waals surface area (Å²) in [5.74, 6) is 3.62. The molecule has 0 saturated carbocycles. The van der Waals surface area contributed by atoms with Gasteiger partial charge in [-0.05, 0) is 29.3 Å². The second kappa shape index (κ2) is 9.77. The molecule has 4 aromatic rings. The molecule has 0 aliphatic rings. The Kier molecular flexibility index (Phi) is 6.44. The molecule has 7 heteroatoms. The fraction of sp³-hybridized carbons (Fsp3) is 0.167. The Morgan fingerprint density at radius 2 is 1.61 bits per heavy atom. The second-order valence-corrected chi connectivity index (χ2v) is 6.90. The van der Waals surface area contributed by atoms with Crippen molar-refractivity contribution in [3.05, 3.63) is 90.6 Å². The van der Waals surface area contributed by atoms with E-state index in [1.807, 2.05) is 59.4 Å². The molecule has 1 N–H and O–H groups in total. The van der Waals surface area contributed by atoms with E-state index in [0.717, 1.165) is 29.2 Å². The summed E-state index contributed by atoms with van der Waals surface area (Å²) < 4.78 is 18.5. The van der Waals surface area contributed by atoms with E-state index in [1.165, 1.54) is 0 Å². The number of rotatable bonds is 9. The van der Waals surface area contributed by atoms with Gasteiger partial charge in [0, 0.05) is 49.9 Å². The molecule has 2 heterocycles. The van der Waals surface area contributed by atoms with Gasteiger partial charge >= 0.3 is 0 Å². The zero-order chi connectivity index (χ0) is 21.5. The molecule has 0 saturated heterocycles. The van der Waals surface area contributed by atoms with Crippen molar-refractivity contribution >= 4 is 0 Å². The maximum Gasteiger partial charge on any atom is 0.137 e. The van der Waals surface area contributed by atoms with Gasteiger partial charge in [-0.1, -0.05) is 18.2 Å². The lowest BCUT2D eigenvalue weighted by atomic mass is 10.2. The lowest BCUT2D eigenvalue weighted by molar-refractivity contribution is 0.386. The third-order valence-corrected chi connectivity index (χ3v) is 4.70. The molecule has 7 nitrogen and oxygen atoms in total. The van der Waals surface area contributed by atoms with E-state index in [9.17, 15) is 0 Å². The number of nitrogens with zero attached hydrogens (tertiary/aromatic N) is 3. The van der Waals surface area contributed by atoms with E-state index in [-0.39, 0.29) is 0 Å². The van der Waals surface area contributed by atoms with Crippen LogP contribution >= 0.6 is 0 Å². The Labute approximate surface area is 181 Å². The van der Waals surface area contributed by atoms with E-state index in [1.54, 1.807) is 26.7 Å². The number of ether oxygens (including phenoxy) is 3. The first-order valence-corrected chi connectivity index (χ1v) is 9.87. The highest BCUT2D eigenvalue weighted by atomic mass is 16.5. The standard InChI is InChI=1S/C24H24N4O3/c1-29-21-11-22(30-2)13-23(12-21)31-20-5-3-4-18(10-20)14-26-15-19-6-7-24(27-16-19)28-9-8-25-17-28/h3-13,16-17,26H,14-15H2,1-2H3. The highest BCUT2D eigenvalue weighted by Crippen LogP contribution is 2.31. The Bertz CT molecular complexity index is 1090. The van der Waals surface area contributed by atoms with Crippen LogP contribution in [-0.2, 0) is 13.1 Å². The van der Waals surface area contributed by atoms with Crippen LogP contribution in [0.1, 0.15) is 11.1 Å². The Balaban J connectivity index is 1.35. The summed E-state index contributed by atoms with van der Waals surface area (Å²) in [5, 5.41) is 3.45. The second-order valence-electron chi connectivity index (χ2n) is 6.90. The maximum absolute atomic E-state index is 6.01. The largest absolute Gasteiger partial charge is 0.496 e. The first-order chi connectivity index (χ1) is 15.2. The highest BCUT2D eigenvalue weighted by Gasteiger charge is 2.05. The maximum atomic E-state index is 6.01. The zero-order valence-corrected chi connectivity index (χ0v) is 17.5. The number of aromatic nitrogens is 3. The van der Waals surface area contributed by atoms with E-state index in [0.29, 0.717) is 23.8 Å². The molecule has 0 amide bonds. The van der Waals surface area contributed by atoms with Crippen LogP contribution < -0.4 is 19.5 Å². The van der Waals surface area contributed by atoms with Gasteiger partial charge in [-0.25, -0.2) is 9.97 Å². The molecule has 2 aromatic carbocycles. The number of pyridine rings is 1. The van der Waals surface area contributed by atoms with Crippen molar-refractivity contribution in [2.45, 2.75) is 13.1 Å². The van der Waals surface area contributed by atoms with Crippen LogP contribution in [-0.4, -0.2) is 28.8 Å². The summed E-state index contributed by atoms with van der Waals surface area (Å²) >= 11 is 0. The molecule has 2 aromatic heterocycles. The Morgan fingerprint density at radius 1 is 0.839 bits per heavy atom. The molecule has 0 bridgehead atoms. The van der Waals surface area contributed by atoms with Gasteiger partial charge in [0.1, 0.15) is 35.1 Å². The molecule has 0 spiro atoms. The van der Waals surface area contributed by atoms with Crippen molar-refractivity contribution in [2.75, 3.05) is 14.2 Å². The average Bonchev–Trinajstić information content (AvgIpc) is 3.34. The van der Waals surface area contributed by atoms with Crippen molar-refractivity contribution in [1.82, 2.24) is 19.9 Å². The van der Waals surface area contributed by atoms with Crippen LogP contribution in [0.3, 0.4) is 0 Å². The van der Waals surface area contributed by atoms with Gasteiger partial charge in [-0.3, -0.25) is 4.57 Å². The van der Waals surface area contributed by atoms with Crippen LogP contribution in [0.4, 0.5) is 0 Å². The number of benzene rings is 2. The van der Waals surface area contributed by atoms with Crippen molar-refractivity contribution in [3.8, 4) is 28.8 Å². The minimum absolute atomic E-state index is 0.658. The van der Waals surface area contributed by atoms with Crippen molar-refractivity contribution in [2.24, 2.45) is 0 Å². The zero-order valence-electron chi connectivity index (χ0n) is 17.5. The predicted octanol–water partition coefficient (Wildman–Crippen LogP) is 4.37. The summed E-state index contributed by atoms with van der Waals surface area (Å²) in [7, 11) is 3.23. The molecule has 0 radical (unpaired) electrons. The molecular formula is C24H24N4O3. The molecule has 0 fully saturated rings. The number of hydrogen-bond acceptors (Lipinski definition) is 6. The van der Waals surface area contributed by atoms with E-state index >= 15 is 0 Å². The predicted molar refractivity (Wildman–Crippen MR) is 118 cm³/mol. The lowest BCUT2D eigenvalue weighted by Crippen LogP contribution is -2.13. The van der Waals surface area contributed by atoms with Crippen LogP contribution in [0.25, 0.3) is 5.82 Å². The molecular weight excluding hydrogens is 392 g/mol. The quantitative estimate of drug-likeness (QED) is 0.437. The molecule has 0 aliphatic carbocycles. The summed E-state index contributed by atoms with van der Waals surface area (Å²) in [4.78, 5) is 8.52. The van der Waals surface area contributed by atoms with Gasteiger partial charge in [0.25, 0.3) is 0 Å². The fourth-order valence-electron chi connectivity index (χ4n) is 3.12. The minimum atomic E-state index is 0.658. The third kappa shape index (κ3) is 5.40. The van der Waals surface area contributed by atoms with Crippen molar-refractivity contribution < 1.29 is 14.2 Å². The van der Waals surface area contributed by atoms with Gasteiger partial charge in [-0.15, -0.1) is 0 Å². The summed E-state index contributed by atoms with van der Waals surface area (Å²) in [6, 6.07) is 17.5. The number of imidazole rings is 1. The third-order valence-electron chi connectivity index (χ3n) is 4.70. The molecule has 0 unspecified atom stereocenters. The minimum Gasteiger partial charge on any atom is -0.496 e. The lowest BCUT2D eigenvalue weighted by Gasteiger charge is -2.11. The van der Waals surface area contributed by atoms with Crippen LogP contribution in [0, 0.1) is 0 Å². The van der Waals surface area contributed by atoms with E-state index in [2.05, 4.69) is 27.4 Å². The SMILES string of the molecule is COc1cc(OC)cc(Oc2cccc(CNCc3ccc(-n4ccnc4)nc3)c2)c1. The van der Waals surface area contributed by atoms with Gasteiger partial charge in [0.05, 0.1) is 14.2 Å². The van der Waals surface area contributed by atoms with Crippen LogP contribution in [0.5, 0.6) is 23.0 Å². The first-order valence-electron chi connectivity index (χ1n) is 9.87. The van der Waals surface area contributed by atoms with Gasteiger partial charge in [0.15, 0.2) is 0 Å². The van der Waals surface area contributed by atoms with Crippen molar-refractivity contribution in [1.29, 1.82) is 0 Å². The van der Waals surface area contributed by atoms with Gasteiger partial charge in [0.2, 0.25) is 0 Å². The molecule has 4 rings (SSSR count). The monoisotopic (exact) mass is 416 g/mol. The number of methoxy groups -OCH3 is 2. The van der Waals surface area contributed by atoms with Crippen LogP contribution in [0.2, 0.25) is 0 Å². The van der Waals surface area contributed by atoms with Crippen LogP contribution in [0.15, 0.2) is 79.5 Å². The average molecular weight is 416 g/mol. The first kappa shape index (κ1) is 20.4. The summed E-state index contributed by atoms with van der Waals surface area (Å²) in [6.45, 7) is 1.43. The highest BCUT2D eigenvalue weighted by molar-refractivity contribution is 5.44. The molecule has 31 heavy (non-hydrogen) atoms. The number of nitrogens with one attached hydrogen (secondary N) is 1. The smallest absolute Gasteiger partial charge is 0.137 e. The molecule has 0 aliphatic heterocycles. The topological polar surface area (TPSA) is 70.4 Å². The van der Waals surface area contributed by atoms with E-state index < -0.39 is 0 Å². The molecule has 158 valence electrons. The summed E-state index contributed by atoms with van der Waals surface area (Å²) in [5.41, 5.74) is 2.23. The molecule has 0 atom stereocenters. The van der Waals surface area contributed by atoms with Gasteiger partial charge < -0.3 is 19.5 Å². The number of hydrogen-bond donors (Lipinski definition) is 1. The normalized spacial score (nSPS) is 10.6. The Morgan fingerprint density at radius 3 is 2.29 bits per heavy atom. The van der Waals surface area contributed by atoms with Gasteiger partial charge in [-0.2, -0.15) is 0 Å². The van der Waals surface area contributed by atoms with Crippen molar-refractivity contribution in [3.63, 3.8) is 0 Å². The Hall–Kier alpha value is -3.84. The fourth-order valence-corrected chi connectivity index (χ4v) is 3.12. The summed E-state index contributed by atoms with van der Waals surface area (Å²) in [6.07, 6.45) is 7.21. The van der Waals surface area contributed by atoms with E-state index in [4.69, 9.17) is 14.2 Å².